The van der Waals surface area contributed by atoms with Crippen LogP contribution in [-0.4, -0.2) is 34.1 Å². The average Bonchev–Trinajstić information content (AvgIpc) is 2.65. The van der Waals surface area contributed by atoms with Crippen LogP contribution in [0.3, 0.4) is 0 Å². The summed E-state index contributed by atoms with van der Waals surface area (Å²) in [4.78, 5) is 22.6. The molecule has 2 N–H and O–H groups in total. The van der Waals surface area contributed by atoms with E-state index >= 15 is 0 Å². The first-order chi connectivity index (χ1) is 14.1. The summed E-state index contributed by atoms with van der Waals surface area (Å²) in [5, 5.41) is 26.5. The lowest BCUT2D eigenvalue weighted by Gasteiger charge is -2.42. The maximum atomic E-state index is 11.6. The number of carbonyl (C=O) groups excluding carboxylic acids is 1. The van der Waals surface area contributed by atoms with Crippen molar-refractivity contribution in [2.75, 3.05) is 6.54 Å². The van der Waals surface area contributed by atoms with Gasteiger partial charge in [-0.2, -0.15) is 0 Å². The lowest BCUT2D eigenvalue weighted by atomic mass is 9.85. The smallest absolute Gasteiger partial charge is 0.276 e. The fourth-order valence-corrected chi connectivity index (χ4v) is 3.83. The molecule has 30 heavy (non-hydrogen) atoms. The van der Waals surface area contributed by atoms with Crippen LogP contribution in [0.25, 0.3) is 0 Å². The fourth-order valence-electron chi connectivity index (χ4n) is 3.70. The van der Waals surface area contributed by atoms with Gasteiger partial charge in [0.05, 0.1) is 17.0 Å². The number of nitro groups is 1. The minimum absolute atomic E-state index is 0.0550. The molecule has 8 heteroatoms. The quantitative estimate of drug-likeness (QED) is 0.510. The SMILES string of the molecule is CC(=O)Cc1cc2c(cc1[N+](=O)[O-])OC(C)(C)C(O)C2NCCc1ccc(Cl)cc1. The number of fused-ring (bicyclic) bond motifs is 1. The lowest BCUT2D eigenvalue weighted by molar-refractivity contribution is -0.385. The number of nitrogens with one attached hydrogen (secondary N) is 1. The summed E-state index contributed by atoms with van der Waals surface area (Å²) in [7, 11) is 0. The van der Waals surface area contributed by atoms with Crippen molar-refractivity contribution in [2.45, 2.75) is 51.4 Å². The van der Waals surface area contributed by atoms with Gasteiger partial charge in [0.2, 0.25) is 0 Å². The zero-order valence-corrected chi connectivity index (χ0v) is 17.9. The molecule has 3 rings (SSSR count). The van der Waals surface area contributed by atoms with Crippen molar-refractivity contribution in [1.29, 1.82) is 0 Å². The van der Waals surface area contributed by atoms with Gasteiger partial charge in [-0.25, -0.2) is 0 Å². The number of benzene rings is 2. The molecule has 7 nitrogen and oxygen atoms in total. The Hall–Kier alpha value is -2.48. The number of aliphatic hydroxyl groups excluding tert-OH is 1. The third kappa shape index (κ3) is 4.80. The van der Waals surface area contributed by atoms with Crippen molar-refractivity contribution in [1.82, 2.24) is 5.32 Å². The maximum absolute atomic E-state index is 11.6. The standard InChI is InChI=1S/C22H25ClN2O5/c1-13(26)10-15-11-17-19(12-18(15)25(28)29)30-22(2,3)21(27)20(17)24-9-8-14-4-6-16(23)7-5-14/h4-7,11-12,20-21,24,27H,8-10H2,1-3H3. The highest BCUT2D eigenvalue weighted by Gasteiger charge is 2.43. The average molecular weight is 433 g/mol. The first kappa shape index (κ1) is 22.2. The van der Waals surface area contributed by atoms with Crippen LogP contribution in [0.5, 0.6) is 5.75 Å². The number of ketones is 1. The van der Waals surface area contributed by atoms with E-state index in [4.69, 9.17) is 16.3 Å². The van der Waals surface area contributed by atoms with Gasteiger partial charge in [-0.1, -0.05) is 23.7 Å². The summed E-state index contributed by atoms with van der Waals surface area (Å²) in [6.45, 7) is 5.44. The summed E-state index contributed by atoms with van der Waals surface area (Å²) in [5.41, 5.74) is 0.914. The van der Waals surface area contributed by atoms with Crippen molar-refractivity contribution in [2.24, 2.45) is 0 Å². The van der Waals surface area contributed by atoms with Crippen LogP contribution in [0.1, 0.15) is 43.5 Å². The first-order valence-electron chi connectivity index (χ1n) is 9.74. The van der Waals surface area contributed by atoms with Gasteiger partial charge in [-0.15, -0.1) is 0 Å². The van der Waals surface area contributed by atoms with Crippen molar-refractivity contribution in [3.8, 4) is 5.75 Å². The second kappa shape index (κ2) is 8.71. The summed E-state index contributed by atoms with van der Waals surface area (Å²) < 4.78 is 5.90. The lowest BCUT2D eigenvalue weighted by Crippen LogP contribution is -2.52. The Balaban J connectivity index is 1.91. The number of halogens is 1. The molecule has 2 unspecified atom stereocenters. The zero-order chi connectivity index (χ0) is 22.1. The van der Waals surface area contributed by atoms with Gasteiger partial charge < -0.3 is 15.2 Å². The Labute approximate surface area is 180 Å². The van der Waals surface area contributed by atoms with Gasteiger partial charge in [0.1, 0.15) is 23.2 Å². The number of rotatable bonds is 7. The summed E-state index contributed by atoms with van der Waals surface area (Å²) in [5.74, 6) is 0.163. The van der Waals surface area contributed by atoms with E-state index in [1.54, 1.807) is 19.9 Å². The highest BCUT2D eigenvalue weighted by Crippen LogP contribution is 2.43. The van der Waals surface area contributed by atoms with E-state index in [1.165, 1.54) is 13.0 Å². The summed E-state index contributed by atoms with van der Waals surface area (Å²) in [6.07, 6.45) is -0.230. The van der Waals surface area contributed by atoms with Gasteiger partial charge in [-0.05, 0) is 57.5 Å². The van der Waals surface area contributed by atoms with Gasteiger partial charge >= 0.3 is 0 Å². The molecule has 1 aliphatic rings. The third-order valence-corrected chi connectivity index (χ3v) is 5.53. The molecule has 0 aliphatic carbocycles. The topological polar surface area (TPSA) is 102 Å². The second-order valence-electron chi connectivity index (χ2n) is 8.11. The van der Waals surface area contributed by atoms with Crippen LogP contribution in [0.2, 0.25) is 5.02 Å². The van der Waals surface area contributed by atoms with Crippen LogP contribution >= 0.6 is 11.6 Å². The first-order valence-corrected chi connectivity index (χ1v) is 10.1. The molecule has 0 aromatic heterocycles. The largest absolute Gasteiger partial charge is 0.484 e. The molecule has 2 atom stereocenters. The highest BCUT2D eigenvalue weighted by molar-refractivity contribution is 6.30. The molecule has 1 aliphatic heterocycles. The van der Waals surface area contributed by atoms with Crippen LogP contribution in [0.15, 0.2) is 36.4 Å². The van der Waals surface area contributed by atoms with Crippen LogP contribution in [0.4, 0.5) is 5.69 Å². The van der Waals surface area contributed by atoms with Gasteiger partial charge in [0, 0.05) is 22.6 Å². The minimum Gasteiger partial charge on any atom is -0.484 e. The Morgan fingerprint density at radius 3 is 2.57 bits per heavy atom. The number of nitro benzene ring substituents is 1. The van der Waals surface area contributed by atoms with Gasteiger partial charge in [-0.3, -0.25) is 14.9 Å². The van der Waals surface area contributed by atoms with E-state index < -0.39 is 22.7 Å². The van der Waals surface area contributed by atoms with Gasteiger partial charge in [0.15, 0.2) is 0 Å². The molecule has 0 saturated carbocycles. The number of ether oxygens (including phenoxy) is 1. The number of Topliss-reactive ketones (excluding diaryl/α,β-unsaturated/α-hetero) is 1. The molecule has 1 heterocycles. The summed E-state index contributed by atoms with van der Waals surface area (Å²) >= 11 is 5.93. The van der Waals surface area contributed by atoms with Crippen LogP contribution in [-0.2, 0) is 17.6 Å². The molecule has 0 spiro atoms. The number of hydrogen-bond acceptors (Lipinski definition) is 6. The van der Waals surface area contributed by atoms with Crippen molar-refractivity contribution < 1.29 is 19.6 Å². The molecular weight excluding hydrogens is 408 g/mol. The number of carbonyl (C=O) groups is 1. The van der Waals surface area contributed by atoms with Crippen molar-refractivity contribution in [3.05, 3.63) is 68.2 Å². The van der Waals surface area contributed by atoms with E-state index in [2.05, 4.69) is 5.32 Å². The molecule has 0 radical (unpaired) electrons. The monoisotopic (exact) mass is 432 g/mol. The zero-order valence-electron chi connectivity index (χ0n) is 17.1. The molecule has 2 aromatic carbocycles. The molecule has 2 aromatic rings. The fraction of sp³-hybridized carbons (Fsp3) is 0.409. The van der Waals surface area contributed by atoms with E-state index in [1.807, 2.05) is 24.3 Å². The second-order valence-corrected chi connectivity index (χ2v) is 8.55. The van der Waals surface area contributed by atoms with Crippen LogP contribution in [0, 0.1) is 10.1 Å². The summed E-state index contributed by atoms with van der Waals surface area (Å²) in [6, 6.07) is 10.00. The van der Waals surface area contributed by atoms with E-state index in [0.717, 1.165) is 5.56 Å². The Kier molecular flexibility index (Phi) is 6.45. The third-order valence-electron chi connectivity index (χ3n) is 5.27. The highest BCUT2D eigenvalue weighted by atomic mass is 35.5. The van der Waals surface area contributed by atoms with Crippen LogP contribution < -0.4 is 10.1 Å². The molecular formula is C22H25ClN2O5. The normalized spacial score (nSPS) is 19.6. The van der Waals surface area contributed by atoms with Crippen molar-refractivity contribution in [3.63, 3.8) is 0 Å². The molecule has 0 fully saturated rings. The maximum Gasteiger partial charge on any atom is 0.276 e. The molecule has 0 saturated heterocycles. The van der Waals surface area contributed by atoms with E-state index in [0.29, 0.717) is 34.9 Å². The predicted molar refractivity (Wildman–Crippen MR) is 114 cm³/mol. The Morgan fingerprint density at radius 2 is 1.97 bits per heavy atom. The number of aliphatic hydroxyl groups is 1. The minimum atomic E-state index is -0.944. The van der Waals surface area contributed by atoms with E-state index in [-0.39, 0.29) is 17.9 Å². The predicted octanol–water partition coefficient (Wildman–Crippen LogP) is 3.79. The Morgan fingerprint density at radius 1 is 1.30 bits per heavy atom. The molecule has 0 bridgehead atoms. The van der Waals surface area contributed by atoms with Gasteiger partial charge in [0.25, 0.3) is 5.69 Å². The van der Waals surface area contributed by atoms with E-state index in [9.17, 15) is 20.0 Å². The molecule has 0 amide bonds. The molecule has 160 valence electrons. The Bertz CT molecular complexity index is 959. The number of nitrogens with zero attached hydrogens (tertiary/aromatic N) is 1. The number of hydrogen-bond donors (Lipinski definition) is 2. The van der Waals surface area contributed by atoms with Crippen molar-refractivity contribution >= 4 is 23.1 Å².